The summed E-state index contributed by atoms with van der Waals surface area (Å²) in [5.74, 6) is -1.05. The highest BCUT2D eigenvalue weighted by Gasteiger charge is 2.45. The van der Waals surface area contributed by atoms with Crippen molar-refractivity contribution in [2.24, 2.45) is 22.6 Å². The Morgan fingerprint density at radius 2 is 1.78 bits per heavy atom. The molecule has 1 aromatic heterocycles. The number of ether oxygens (including phenoxy) is 1. The molecule has 5 heterocycles. The normalized spacial score (nSPS) is 21.1. The summed E-state index contributed by atoms with van der Waals surface area (Å²) in [4.78, 5) is 34.2. The number of likely N-dealkylation sites (tertiary alicyclic amines) is 1. The molecule has 3 saturated heterocycles. The van der Waals surface area contributed by atoms with Crippen LogP contribution in [0.3, 0.4) is 0 Å². The number of aromatic nitrogens is 2. The van der Waals surface area contributed by atoms with Crippen molar-refractivity contribution >= 4 is 50.9 Å². The number of aryl methyl sites for hydroxylation is 1. The fraction of sp³-hybridized carbons (Fsp3) is 0.500. The molecule has 4 aliphatic heterocycles. The number of carbonyl (C=O) groups is 1. The molecule has 0 radical (unpaired) electrons. The number of nitrogens with zero attached hydrogens (tertiary/aromatic N) is 6. The number of halogens is 2. The number of nitrogens with two attached hydrogens (primary N) is 1. The van der Waals surface area contributed by atoms with Gasteiger partial charge in [-0.3, -0.25) is 20.1 Å². The summed E-state index contributed by atoms with van der Waals surface area (Å²) in [6, 6.07) is 5.91. The van der Waals surface area contributed by atoms with Gasteiger partial charge in [0.15, 0.2) is 5.83 Å². The van der Waals surface area contributed by atoms with Crippen LogP contribution in [0.25, 0.3) is 27.7 Å². The maximum absolute atomic E-state index is 18.0. The van der Waals surface area contributed by atoms with E-state index in [0.29, 0.717) is 84.6 Å². The first-order valence-corrected chi connectivity index (χ1v) is 21.4. The Bertz CT molecular complexity index is 2300. The molecule has 1 atom stereocenters. The van der Waals surface area contributed by atoms with E-state index in [9.17, 15) is 15.3 Å². The average Bonchev–Trinajstić information content (AvgIpc) is 3.94. The van der Waals surface area contributed by atoms with Crippen LogP contribution in [0.1, 0.15) is 95.0 Å². The highest BCUT2D eigenvalue weighted by atomic mass is 19.1. The van der Waals surface area contributed by atoms with Crippen molar-refractivity contribution in [3.8, 4) is 11.8 Å². The smallest absolute Gasteiger partial charge is 0.319 e. The summed E-state index contributed by atoms with van der Waals surface area (Å²) < 4.78 is 40.0. The van der Waals surface area contributed by atoms with Crippen LogP contribution in [-0.2, 0) is 11.2 Å². The first-order chi connectivity index (χ1) is 28.4. The van der Waals surface area contributed by atoms with Crippen LogP contribution in [0.4, 0.5) is 14.6 Å². The molecule has 4 N–H and O–H groups in total. The third-order valence-electron chi connectivity index (χ3n) is 13.1. The van der Waals surface area contributed by atoms with Gasteiger partial charge in [-0.05, 0) is 122 Å². The summed E-state index contributed by atoms with van der Waals surface area (Å²) in [6.07, 6.45) is 10.6. The second-order valence-corrected chi connectivity index (χ2v) is 17.2. The van der Waals surface area contributed by atoms with Crippen molar-refractivity contribution in [1.82, 2.24) is 19.8 Å². The Kier molecular flexibility index (Phi) is 11.3. The lowest BCUT2D eigenvalue weighted by atomic mass is 9.80. The standard InChI is InChI=1S/C46H56F2N8O3/c1-5-32-35(47)12-11-29-22-31(57)24-33(37(29)32)38-40(48)42-39(34(41(38)50)21-28(4)27(2)3)43(53-45(52-42)59-26-46-13-8-19-56(46)20-9-14-46)55-18-10-15-51-30(25-55)23-36(49)44(58)54-16-6-7-17-54/h11-12,21-24,27-28,50,57H,5-10,13-20,25-26,49H2,1-4H3/b34-21-,36-23-,50-41?. The molecule has 5 aliphatic rings. The van der Waals surface area contributed by atoms with Crippen molar-refractivity contribution in [2.45, 2.75) is 84.6 Å². The Morgan fingerprint density at radius 3 is 2.49 bits per heavy atom. The molecule has 13 heteroatoms. The number of aromatic hydroxyl groups is 1. The van der Waals surface area contributed by atoms with Crippen LogP contribution in [0, 0.1) is 23.1 Å². The molecule has 3 fully saturated rings. The highest BCUT2D eigenvalue weighted by molar-refractivity contribution is 6.50. The molecule has 1 aliphatic carbocycles. The SMILES string of the molecule is CCc1c(F)ccc2cc(O)cc(C3=C(F)c4nc(OCC56CCCN5CCC6)nc(N5CCCN=C(/C=C(\N)C(=O)N6CCCC6)C5)c4/C(=C/C(C)C(C)C)C3=N)c12. The van der Waals surface area contributed by atoms with E-state index in [-0.39, 0.29) is 69.8 Å². The molecular formula is C46H56F2N8O3. The minimum absolute atomic E-state index is 0.0223. The maximum atomic E-state index is 18.0. The van der Waals surface area contributed by atoms with E-state index in [1.165, 1.54) is 18.2 Å². The summed E-state index contributed by atoms with van der Waals surface area (Å²) in [6.45, 7) is 13.0. The van der Waals surface area contributed by atoms with Gasteiger partial charge in [-0.15, -0.1) is 0 Å². The van der Waals surface area contributed by atoms with Gasteiger partial charge in [0.2, 0.25) is 0 Å². The third-order valence-corrected chi connectivity index (χ3v) is 13.1. The first-order valence-electron chi connectivity index (χ1n) is 21.4. The predicted octanol–water partition coefficient (Wildman–Crippen LogP) is 7.71. The van der Waals surface area contributed by atoms with Gasteiger partial charge < -0.3 is 25.4 Å². The molecule has 2 aromatic carbocycles. The van der Waals surface area contributed by atoms with Crippen LogP contribution in [-0.4, -0.2) is 100 Å². The molecule has 1 amide bonds. The van der Waals surface area contributed by atoms with Gasteiger partial charge in [0.05, 0.1) is 34.8 Å². The molecule has 0 saturated carbocycles. The van der Waals surface area contributed by atoms with Crippen molar-refractivity contribution in [1.29, 1.82) is 5.41 Å². The second kappa shape index (κ2) is 16.5. The van der Waals surface area contributed by atoms with E-state index in [1.807, 2.05) is 17.9 Å². The van der Waals surface area contributed by atoms with E-state index in [4.69, 9.17) is 25.4 Å². The predicted molar refractivity (Wildman–Crippen MR) is 230 cm³/mol. The molecule has 11 nitrogen and oxygen atoms in total. The number of phenols is 1. The fourth-order valence-corrected chi connectivity index (χ4v) is 9.62. The topological polar surface area (TPSA) is 144 Å². The maximum Gasteiger partial charge on any atom is 0.319 e. The Labute approximate surface area is 345 Å². The molecule has 0 spiro atoms. The second-order valence-electron chi connectivity index (χ2n) is 17.2. The molecule has 1 unspecified atom stereocenters. The van der Waals surface area contributed by atoms with Gasteiger partial charge in [-0.25, -0.2) is 8.78 Å². The number of anilines is 1. The number of hydrogen-bond donors (Lipinski definition) is 3. The average molecular weight is 807 g/mol. The number of hydrogen-bond acceptors (Lipinski definition) is 10. The van der Waals surface area contributed by atoms with Crippen molar-refractivity contribution in [3.05, 3.63) is 70.3 Å². The van der Waals surface area contributed by atoms with E-state index in [2.05, 4.69) is 25.7 Å². The number of fused-ring (bicyclic) bond motifs is 3. The van der Waals surface area contributed by atoms with Crippen LogP contribution in [0.5, 0.6) is 11.8 Å². The molecule has 8 rings (SSSR count). The molecule has 312 valence electrons. The number of aliphatic imine (C=N–C) groups is 1. The number of nitrogens with one attached hydrogen (secondary N) is 1. The quantitative estimate of drug-likeness (QED) is 0.177. The number of carbonyl (C=O) groups excluding carboxylic acids is 1. The number of allylic oxidation sites excluding steroid dienone is 3. The van der Waals surface area contributed by atoms with Crippen molar-refractivity contribution in [3.63, 3.8) is 0 Å². The summed E-state index contributed by atoms with van der Waals surface area (Å²) >= 11 is 0. The molecule has 59 heavy (non-hydrogen) atoms. The number of rotatable bonds is 10. The zero-order valence-electron chi connectivity index (χ0n) is 34.7. The van der Waals surface area contributed by atoms with E-state index in [0.717, 1.165) is 51.6 Å². The molecule has 3 aromatic rings. The lowest BCUT2D eigenvalue weighted by Gasteiger charge is -2.33. The molecule has 0 bridgehead atoms. The van der Waals surface area contributed by atoms with Crippen LogP contribution >= 0.6 is 0 Å². The minimum atomic E-state index is -0.781. The van der Waals surface area contributed by atoms with Gasteiger partial charge >= 0.3 is 6.01 Å². The van der Waals surface area contributed by atoms with E-state index < -0.39 is 11.6 Å². The first kappa shape index (κ1) is 40.6. The van der Waals surface area contributed by atoms with Gasteiger partial charge in [0.25, 0.3) is 5.91 Å². The van der Waals surface area contributed by atoms with Crippen molar-refractivity contribution in [2.75, 3.05) is 57.3 Å². The van der Waals surface area contributed by atoms with Gasteiger partial charge in [-0.2, -0.15) is 9.97 Å². The van der Waals surface area contributed by atoms with Gasteiger partial charge in [0.1, 0.15) is 29.7 Å². The Balaban J connectivity index is 1.32. The fourth-order valence-electron chi connectivity index (χ4n) is 9.62. The largest absolute Gasteiger partial charge is 0.508 e. The van der Waals surface area contributed by atoms with Crippen LogP contribution in [0.2, 0.25) is 0 Å². The van der Waals surface area contributed by atoms with Gasteiger partial charge in [-0.1, -0.05) is 39.8 Å². The zero-order chi connectivity index (χ0) is 41.6. The van der Waals surface area contributed by atoms with Crippen molar-refractivity contribution < 1.29 is 23.4 Å². The Hall–Kier alpha value is -5.17. The molecular weight excluding hydrogens is 751 g/mol. The van der Waals surface area contributed by atoms with Crippen LogP contribution in [0.15, 0.2) is 47.1 Å². The zero-order valence-corrected chi connectivity index (χ0v) is 34.7. The highest BCUT2D eigenvalue weighted by Crippen LogP contribution is 2.48. The summed E-state index contributed by atoms with van der Waals surface area (Å²) in [5, 5.41) is 21.9. The lowest BCUT2D eigenvalue weighted by molar-refractivity contribution is -0.126. The third kappa shape index (κ3) is 7.62. The van der Waals surface area contributed by atoms with Gasteiger partial charge in [0, 0.05) is 37.3 Å². The summed E-state index contributed by atoms with van der Waals surface area (Å²) in [5.41, 5.74) is 8.15. The minimum Gasteiger partial charge on any atom is -0.508 e. The van der Waals surface area contributed by atoms with E-state index in [1.54, 1.807) is 17.0 Å². The van der Waals surface area contributed by atoms with E-state index >= 15 is 8.78 Å². The monoisotopic (exact) mass is 806 g/mol. The Morgan fingerprint density at radius 1 is 1.03 bits per heavy atom. The summed E-state index contributed by atoms with van der Waals surface area (Å²) in [7, 11) is 0. The number of benzene rings is 2. The lowest BCUT2D eigenvalue weighted by Crippen LogP contribution is -2.43. The number of phenolic OH excluding ortho intramolecular Hbond substituents is 1. The van der Waals surface area contributed by atoms with Crippen LogP contribution < -0.4 is 15.4 Å². The number of amides is 1.